The highest BCUT2D eigenvalue weighted by Gasteiger charge is 2.13. The highest BCUT2D eigenvalue weighted by Crippen LogP contribution is 2.29. The second-order valence-electron chi connectivity index (χ2n) is 3.96. The van der Waals surface area contributed by atoms with Gasteiger partial charge in [-0.3, -0.25) is 9.78 Å². The Morgan fingerprint density at radius 3 is 2.79 bits per heavy atom. The Kier molecular flexibility index (Phi) is 3.87. The molecular formula is C13H13ClN4O. The number of halogens is 1. The lowest BCUT2D eigenvalue weighted by Crippen LogP contribution is -2.15. The average molecular weight is 277 g/mol. The van der Waals surface area contributed by atoms with Crippen LogP contribution in [0.15, 0.2) is 36.5 Å². The lowest BCUT2D eigenvalue weighted by molar-refractivity contribution is 0.100. The highest BCUT2D eigenvalue weighted by molar-refractivity contribution is 6.34. The first-order valence-electron chi connectivity index (χ1n) is 5.60. The summed E-state index contributed by atoms with van der Waals surface area (Å²) in [6, 6.07) is 8.63. The molecule has 2 rings (SSSR count). The fourth-order valence-corrected chi connectivity index (χ4v) is 1.98. The monoisotopic (exact) mass is 276 g/mol. The molecule has 19 heavy (non-hydrogen) atoms. The zero-order chi connectivity index (χ0) is 13.8. The molecule has 0 atom stereocenters. The van der Waals surface area contributed by atoms with Gasteiger partial charge in [0.15, 0.2) is 0 Å². The van der Waals surface area contributed by atoms with Crippen LogP contribution in [0.2, 0.25) is 5.02 Å². The van der Waals surface area contributed by atoms with Crippen molar-refractivity contribution in [2.24, 2.45) is 5.73 Å². The van der Waals surface area contributed by atoms with E-state index in [1.54, 1.807) is 12.3 Å². The summed E-state index contributed by atoms with van der Waals surface area (Å²) in [7, 11) is 0. The Balaban J connectivity index is 2.27. The summed E-state index contributed by atoms with van der Waals surface area (Å²) in [6.45, 7) is 0.435. The van der Waals surface area contributed by atoms with Crippen molar-refractivity contribution in [3.63, 3.8) is 0 Å². The van der Waals surface area contributed by atoms with E-state index in [2.05, 4.69) is 10.3 Å². The number of hydrogen-bond donors (Lipinski definition) is 3. The molecule has 0 radical (unpaired) electrons. The van der Waals surface area contributed by atoms with Crippen molar-refractivity contribution < 1.29 is 4.79 Å². The lowest BCUT2D eigenvalue weighted by Gasteiger charge is -2.12. The van der Waals surface area contributed by atoms with E-state index in [1.807, 2.05) is 18.2 Å². The van der Waals surface area contributed by atoms with Gasteiger partial charge in [-0.1, -0.05) is 17.7 Å². The van der Waals surface area contributed by atoms with Crippen LogP contribution in [-0.4, -0.2) is 10.9 Å². The predicted octanol–water partition coefficient (Wildman–Crippen LogP) is 2.03. The number of nitrogens with zero attached hydrogens (tertiary/aromatic N) is 1. The van der Waals surface area contributed by atoms with Crippen molar-refractivity contribution in [1.82, 2.24) is 4.98 Å². The molecule has 0 spiro atoms. The van der Waals surface area contributed by atoms with Crippen molar-refractivity contribution in [2.75, 3.05) is 11.1 Å². The molecule has 1 amide bonds. The minimum absolute atomic E-state index is 0.265. The third kappa shape index (κ3) is 3.14. The zero-order valence-electron chi connectivity index (χ0n) is 10.1. The minimum atomic E-state index is -0.585. The van der Waals surface area contributed by atoms with Gasteiger partial charge < -0.3 is 16.8 Å². The van der Waals surface area contributed by atoms with Crippen LogP contribution in [-0.2, 0) is 6.54 Å². The van der Waals surface area contributed by atoms with Crippen LogP contribution in [0, 0.1) is 0 Å². The van der Waals surface area contributed by atoms with E-state index in [9.17, 15) is 4.79 Å². The first-order chi connectivity index (χ1) is 9.08. The first kappa shape index (κ1) is 13.2. The Morgan fingerprint density at radius 2 is 2.16 bits per heavy atom. The Bertz CT molecular complexity index is 601. The number of hydrogen-bond acceptors (Lipinski definition) is 4. The number of carbonyl (C=O) groups is 1. The van der Waals surface area contributed by atoms with Gasteiger partial charge in [-0.25, -0.2) is 0 Å². The molecule has 0 unspecified atom stereocenters. The smallest absolute Gasteiger partial charge is 0.250 e. The van der Waals surface area contributed by atoms with E-state index in [0.29, 0.717) is 22.9 Å². The minimum Gasteiger partial charge on any atom is -0.399 e. The lowest BCUT2D eigenvalue weighted by atomic mass is 10.1. The molecule has 0 saturated carbocycles. The van der Waals surface area contributed by atoms with Gasteiger partial charge >= 0.3 is 0 Å². The molecule has 5 nitrogen and oxygen atoms in total. The van der Waals surface area contributed by atoms with Crippen molar-refractivity contribution in [3.05, 3.63) is 52.8 Å². The molecule has 2 aromatic rings. The number of primary amides is 1. The normalized spacial score (nSPS) is 10.2. The number of benzene rings is 1. The molecule has 5 N–H and O–H groups in total. The number of aromatic nitrogens is 1. The molecule has 0 aliphatic rings. The van der Waals surface area contributed by atoms with Gasteiger partial charge in [0.25, 0.3) is 5.91 Å². The summed E-state index contributed by atoms with van der Waals surface area (Å²) < 4.78 is 0. The molecule has 1 heterocycles. The summed E-state index contributed by atoms with van der Waals surface area (Å²) in [4.78, 5) is 15.6. The van der Waals surface area contributed by atoms with E-state index in [4.69, 9.17) is 23.1 Å². The molecule has 0 aliphatic heterocycles. The standard InChI is InChI=1S/C13H13ClN4O/c14-11-6-8(15)5-10(13(16)19)12(11)18-7-9-3-1-2-4-17-9/h1-6,18H,7,15H2,(H2,16,19). The van der Waals surface area contributed by atoms with Gasteiger partial charge in [-0.2, -0.15) is 0 Å². The first-order valence-corrected chi connectivity index (χ1v) is 5.98. The van der Waals surface area contributed by atoms with E-state index in [-0.39, 0.29) is 5.56 Å². The number of anilines is 2. The van der Waals surface area contributed by atoms with Crippen molar-refractivity contribution in [3.8, 4) is 0 Å². The van der Waals surface area contributed by atoms with Gasteiger partial charge in [-0.05, 0) is 24.3 Å². The quantitative estimate of drug-likeness (QED) is 0.745. The van der Waals surface area contributed by atoms with Gasteiger partial charge in [0.05, 0.1) is 28.5 Å². The Morgan fingerprint density at radius 1 is 1.37 bits per heavy atom. The van der Waals surface area contributed by atoms with Gasteiger partial charge in [-0.15, -0.1) is 0 Å². The number of amides is 1. The van der Waals surface area contributed by atoms with Crippen LogP contribution in [0.3, 0.4) is 0 Å². The van der Waals surface area contributed by atoms with Crippen LogP contribution in [0.1, 0.15) is 16.1 Å². The van der Waals surface area contributed by atoms with Gasteiger partial charge in [0.1, 0.15) is 0 Å². The van der Waals surface area contributed by atoms with E-state index < -0.39 is 5.91 Å². The SMILES string of the molecule is NC(=O)c1cc(N)cc(Cl)c1NCc1ccccn1. The summed E-state index contributed by atoms with van der Waals surface area (Å²) in [5.74, 6) is -0.585. The Labute approximate surface area is 115 Å². The fourth-order valence-electron chi connectivity index (χ4n) is 1.68. The van der Waals surface area contributed by atoms with Gasteiger partial charge in [0.2, 0.25) is 0 Å². The van der Waals surface area contributed by atoms with Crippen LogP contribution >= 0.6 is 11.6 Å². The van der Waals surface area contributed by atoms with E-state index in [1.165, 1.54) is 6.07 Å². The average Bonchev–Trinajstić information content (AvgIpc) is 2.38. The molecule has 0 aliphatic carbocycles. The summed E-state index contributed by atoms with van der Waals surface area (Å²) in [5.41, 5.74) is 12.9. The van der Waals surface area contributed by atoms with Crippen LogP contribution in [0.4, 0.5) is 11.4 Å². The predicted molar refractivity (Wildman–Crippen MR) is 75.9 cm³/mol. The summed E-state index contributed by atoms with van der Waals surface area (Å²) in [5, 5.41) is 3.41. The van der Waals surface area contributed by atoms with E-state index in [0.717, 1.165) is 5.69 Å². The Hall–Kier alpha value is -2.27. The largest absolute Gasteiger partial charge is 0.399 e. The molecule has 1 aromatic heterocycles. The maximum atomic E-state index is 11.4. The highest BCUT2D eigenvalue weighted by atomic mass is 35.5. The number of nitrogens with one attached hydrogen (secondary N) is 1. The topological polar surface area (TPSA) is 94.0 Å². The third-order valence-electron chi connectivity index (χ3n) is 2.55. The maximum absolute atomic E-state index is 11.4. The molecule has 98 valence electrons. The van der Waals surface area contributed by atoms with Crippen LogP contribution in [0.25, 0.3) is 0 Å². The van der Waals surface area contributed by atoms with E-state index >= 15 is 0 Å². The van der Waals surface area contributed by atoms with Crippen LogP contribution < -0.4 is 16.8 Å². The number of rotatable bonds is 4. The maximum Gasteiger partial charge on any atom is 0.250 e. The number of nitrogen functional groups attached to an aromatic ring is 1. The molecular weight excluding hydrogens is 264 g/mol. The molecule has 1 aromatic carbocycles. The zero-order valence-corrected chi connectivity index (χ0v) is 10.8. The third-order valence-corrected chi connectivity index (χ3v) is 2.85. The summed E-state index contributed by atoms with van der Waals surface area (Å²) in [6.07, 6.45) is 1.69. The molecule has 0 saturated heterocycles. The van der Waals surface area contributed by atoms with Crippen molar-refractivity contribution in [2.45, 2.75) is 6.54 Å². The van der Waals surface area contributed by atoms with Gasteiger partial charge in [0, 0.05) is 11.9 Å². The van der Waals surface area contributed by atoms with Crippen molar-refractivity contribution >= 4 is 28.9 Å². The summed E-state index contributed by atoms with van der Waals surface area (Å²) >= 11 is 6.07. The number of carbonyl (C=O) groups excluding carboxylic acids is 1. The second-order valence-corrected chi connectivity index (χ2v) is 4.37. The number of nitrogens with two attached hydrogens (primary N) is 2. The molecule has 0 bridgehead atoms. The fraction of sp³-hybridized carbons (Fsp3) is 0.0769. The molecule has 0 fully saturated rings. The molecule has 6 heteroatoms. The van der Waals surface area contributed by atoms with Crippen LogP contribution in [0.5, 0.6) is 0 Å². The second kappa shape index (κ2) is 5.58. The number of pyridine rings is 1. The van der Waals surface area contributed by atoms with Crippen molar-refractivity contribution in [1.29, 1.82) is 0 Å².